The number of aliphatic hydroxyl groups excluding tert-OH is 1. The number of aromatic nitrogens is 2. The number of rotatable bonds is 8. The molecule has 1 N–H and O–H groups in total. The fourth-order valence-electron chi connectivity index (χ4n) is 4.84. The van der Waals surface area contributed by atoms with Crippen LogP contribution < -0.4 is 0 Å². The first kappa shape index (κ1) is 27.3. The second-order valence-electron chi connectivity index (χ2n) is 9.70. The molecule has 5 nitrogen and oxygen atoms in total. The van der Waals surface area contributed by atoms with Crippen molar-refractivity contribution in [1.82, 2.24) is 9.97 Å². The Morgan fingerprint density at radius 1 is 1.07 bits per heavy atom. The first-order valence-electron chi connectivity index (χ1n) is 15.1. The van der Waals surface area contributed by atoms with E-state index in [1.165, 1.54) is 17.7 Å². The van der Waals surface area contributed by atoms with E-state index < -0.39 is 6.85 Å². The Hall–Kier alpha value is -2.86. The molecule has 0 amide bonds. The van der Waals surface area contributed by atoms with Crippen molar-refractivity contribution >= 4 is 49.3 Å². The van der Waals surface area contributed by atoms with Crippen LogP contribution in [-0.4, -0.2) is 20.9 Å². The smallest absolute Gasteiger partial charge is 0.216 e. The number of carbonyl (C=O) groups is 1. The second kappa shape index (κ2) is 14.2. The minimum Gasteiger partial charge on any atom is -0.512 e. The Kier molecular flexibility index (Phi) is 9.67. The molecule has 5 rings (SSSR count). The molecule has 0 fully saturated rings. The molecule has 0 aliphatic rings. The molecular weight excluding hydrogens is 697 g/mol. The summed E-state index contributed by atoms with van der Waals surface area (Å²) < 4.78 is 29.8. The van der Waals surface area contributed by atoms with E-state index in [0.717, 1.165) is 57.8 Å². The van der Waals surface area contributed by atoms with Crippen LogP contribution in [0, 0.1) is 31.7 Å². The third-order valence-corrected chi connectivity index (χ3v) is 8.42. The van der Waals surface area contributed by atoms with Crippen molar-refractivity contribution in [3.05, 3.63) is 71.1 Å². The average molecular weight is 737 g/mol. The van der Waals surface area contributed by atoms with Gasteiger partial charge >= 0.3 is 0 Å². The molecular formula is C33H37IrN2O3S-. The Morgan fingerprint density at radius 3 is 2.48 bits per heavy atom. The van der Waals surface area contributed by atoms with Gasteiger partial charge in [0, 0.05) is 69.8 Å². The monoisotopic (exact) mass is 737 g/mol. The first-order valence-corrected chi connectivity index (χ1v) is 14.4. The van der Waals surface area contributed by atoms with Gasteiger partial charge < -0.3 is 14.5 Å². The van der Waals surface area contributed by atoms with Crippen molar-refractivity contribution in [2.45, 2.75) is 67.2 Å². The summed E-state index contributed by atoms with van der Waals surface area (Å²) in [6.07, 6.45) is 6.70. The summed E-state index contributed by atoms with van der Waals surface area (Å²) >= 11 is 1.64. The number of aryl methyl sites for hydroxylation is 2. The molecule has 0 saturated carbocycles. The summed E-state index contributed by atoms with van der Waals surface area (Å²) in [7, 11) is 0. The van der Waals surface area contributed by atoms with E-state index in [4.69, 9.17) is 8.53 Å². The molecule has 0 atom stereocenters. The minimum absolute atomic E-state index is 0. The van der Waals surface area contributed by atoms with Gasteiger partial charge in [-0.3, -0.25) is 4.79 Å². The van der Waals surface area contributed by atoms with Crippen LogP contribution in [0.4, 0.5) is 0 Å². The van der Waals surface area contributed by atoms with Crippen molar-refractivity contribution in [3.8, 4) is 11.3 Å². The zero-order chi connectivity index (χ0) is 30.6. The number of carbonyl (C=O) groups excluding carboxylic acids is 1. The molecule has 0 unspecified atom stereocenters. The van der Waals surface area contributed by atoms with E-state index >= 15 is 0 Å². The minimum atomic E-state index is -2.27. The van der Waals surface area contributed by atoms with Gasteiger partial charge in [-0.15, -0.1) is 18.2 Å². The molecule has 5 aromatic rings. The summed E-state index contributed by atoms with van der Waals surface area (Å²) in [5.41, 5.74) is 3.73. The zero-order valence-electron chi connectivity index (χ0n) is 26.5. The molecule has 4 heterocycles. The third kappa shape index (κ3) is 6.54. The Balaban J connectivity index is 0.000000274. The van der Waals surface area contributed by atoms with Crippen LogP contribution in [0.1, 0.15) is 68.7 Å². The van der Waals surface area contributed by atoms with E-state index in [9.17, 15) is 9.90 Å². The van der Waals surface area contributed by atoms with E-state index in [1.54, 1.807) is 23.6 Å². The Labute approximate surface area is 258 Å². The largest absolute Gasteiger partial charge is 0.512 e. The normalized spacial score (nSPS) is 13.2. The molecule has 4 aromatic heterocycles. The van der Waals surface area contributed by atoms with Crippen molar-refractivity contribution in [1.29, 1.82) is 0 Å². The van der Waals surface area contributed by atoms with Crippen LogP contribution >= 0.6 is 11.3 Å². The number of aliphatic hydroxyl groups is 1. The fraction of sp³-hybridized carbons (Fsp3) is 0.364. The number of benzene rings is 1. The predicted octanol–water partition coefficient (Wildman–Crippen LogP) is 9.54. The van der Waals surface area contributed by atoms with Gasteiger partial charge in [0.1, 0.15) is 0 Å². The predicted molar refractivity (Wildman–Crippen MR) is 162 cm³/mol. The molecule has 0 aliphatic heterocycles. The van der Waals surface area contributed by atoms with Gasteiger partial charge in [0.05, 0.1) is 11.3 Å². The maximum absolute atomic E-state index is 11.7. The number of fused-ring (bicyclic) bond motifs is 4. The third-order valence-electron chi connectivity index (χ3n) is 7.30. The Bertz CT molecular complexity index is 1730. The van der Waals surface area contributed by atoms with Gasteiger partial charge in [-0.25, -0.2) is 4.98 Å². The number of thiophene rings is 1. The van der Waals surface area contributed by atoms with Crippen molar-refractivity contribution in [3.63, 3.8) is 0 Å². The van der Waals surface area contributed by atoms with Crippen LogP contribution in [0.25, 0.3) is 43.4 Å². The standard InChI is InChI=1S/C20H13N2OS.C13H24O2.Ir/c1-11-10-24-19-13(11)8-9-21-17(19)16-5-3-4-14-15-7-6-12(2)22-20(15)23-18(14)16;1-5-10(6-2)12(14)9-13(15)11(7-3)8-4;/h3-4,6-10H,1-2H3;9-11,14H,5-8H2,1-4H3;/q-1;;/b;12-9-;/i2D3;;. The number of pyridine rings is 2. The number of allylic oxidation sites excluding steroid dienone is 2. The van der Waals surface area contributed by atoms with E-state index in [0.29, 0.717) is 11.3 Å². The number of nitrogens with zero attached hydrogens (tertiary/aromatic N) is 2. The van der Waals surface area contributed by atoms with Gasteiger partial charge in [0.25, 0.3) is 0 Å². The van der Waals surface area contributed by atoms with Gasteiger partial charge in [-0.2, -0.15) is 11.3 Å². The zero-order valence-corrected chi connectivity index (χ0v) is 26.7. The number of hydrogen-bond acceptors (Lipinski definition) is 6. The van der Waals surface area contributed by atoms with Crippen LogP contribution in [-0.2, 0) is 24.9 Å². The van der Waals surface area contributed by atoms with Gasteiger partial charge in [-0.05, 0) is 74.0 Å². The molecule has 7 heteroatoms. The van der Waals surface area contributed by atoms with Crippen molar-refractivity contribution in [2.75, 3.05) is 0 Å². The van der Waals surface area contributed by atoms with Crippen molar-refractivity contribution in [2.24, 2.45) is 11.8 Å². The summed E-state index contributed by atoms with van der Waals surface area (Å²) in [6, 6.07) is 12.3. The second-order valence-corrected chi connectivity index (χ2v) is 10.6. The number of ketones is 1. The summed E-state index contributed by atoms with van der Waals surface area (Å²) in [4.78, 5) is 20.5. The molecule has 0 spiro atoms. The maximum atomic E-state index is 11.7. The summed E-state index contributed by atoms with van der Waals surface area (Å²) in [6.45, 7) is 7.87. The first-order chi connectivity index (χ1) is 20.0. The van der Waals surface area contributed by atoms with E-state index in [2.05, 4.69) is 28.3 Å². The van der Waals surface area contributed by atoms with Gasteiger partial charge in [0.15, 0.2) is 5.78 Å². The van der Waals surface area contributed by atoms with Crippen LogP contribution in [0.2, 0.25) is 0 Å². The molecule has 0 bridgehead atoms. The number of furan rings is 1. The Morgan fingerprint density at radius 2 is 1.80 bits per heavy atom. The fourth-order valence-corrected chi connectivity index (χ4v) is 5.89. The molecule has 0 aliphatic carbocycles. The quantitative estimate of drug-likeness (QED) is 0.0976. The molecule has 213 valence electrons. The van der Waals surface area contributed by atoms with E-state index in [1.807, 2.05) is 45.9 Å². The molecule has 1 radical (unpaired) electrons. The molecule has 1 aromatic carbocycles. The summed E-state index contributed by atoms with van der Waals surface area (Å²) in [5, 5.41) is 14.7. The molecule has 40 heavy (non-hydrogen) atoms. The topological polar surface area (TPSA) is 76.2 Å². The SMILES string of the molecule is CCC(CC)C(=O)/C=C(\O)C(CC)CC.[2H]C([2H])([2H])c1ccc2c(n1)oc1c(-c3nccc4c(C)csc34)[c-]ccc12.[Ir]. The molecule has 0 saturated heterocycles. The van der Waals surface area contributed by atoms with E-state index in [-0.39, 0.29) is 49.2 Å². The van der Waals surface area contributed by atoms with Crippen LogP contribution in [0.3, 0.4) is 0 Å². The average Bonchev–Trinajstić information content (AvgIpc) is 3.54. The van der Waals surface area contributed by atoms with Crippen LogP contribution in [0.15, 0.2) is 58.2 Å². The summed E-state index contributed by atoms with van der Waals surface area (Å²) in [5.74, 6) is 0.547. The maximum Gasteiger partial charge on any atom is 0.216 e. The van der Waals surface area contributed by atoms with Crippen molar-refractivity contribution < 1.29 is 38.5 Å². The van der Waals surface area contributed by atoms with Gasteiger partial charge in [-0.1, -0.05) is 38.6 Å². The van der Waals surface area contributed by atoms with Gasteiger partial charge in [0.2, 0.25) is 5.71 Å². The number of hydrogen-bond donors (Lipinski definition) is 1. The van der Waals surface area contributed by atoms with Crippen LogP contribution in [0.5, 0.6) is 0 Å².